The first-order valence-corrected chi connectivity index (χ1v) is 7.73. The number of aromatic hydroxyl groups is 1. The summed E-state index contributed by atoms with van der Waals surface area (Å²) in [6, 6.07) is 3.45. The van der Waals surface area contributed by atoms with Crippen LogP contribution in [0.3, 0.4) is 0 Å². The highest BCUT2D eigenvalue weighted by Gasteiger charge is 2.32. The molecule has 0 aliphatic carbocycles. The van der Waals surface area contributed by atoms with Crippen molar-refractivity contribution in [3.63, 3.8) is 0 Å². The van der Waals surface area contributed by atoms with Crippen LogP contribution in [0.25, 0.3) is 12.2 Å². The second kappa shape index (κ2) is 5.38. The van der Waals surface area contributed by atoms with Crippen molar-refractivity contribution in [3.8, 4) is 11.5 Å². The summed E-state index contributed by atoms with van der Waals surface area (Å²) in [6.45, 7) is 6.13. The topological polar surface area (TPSA) is 59.0 Å². The number of thiocarbonyl (C=S) groups is 1. The maximum Gasteiger partial charge on any atom is 0.297 e. The molecule has 0 atom stereocenters. The first-order valence-electron chi connectivity index (χ1n) is 7.32. The summed E-state index contributed by atoms with van der Waals surface area (Å²) in [5.41, 5.74) is 0.637. The normalized spacial score (nSPS) is 20.5. The third-order valence-corrected chi connectivity index (χ3v) is 4.01. The Hall–Kier alpha value is -2.34. The van der Waals surface area contributed by atoms with Crippen LogP contribution in [0.1, 0.15) is 31.9 Å². The van der Waals surface area contributed by atoms with Gasteiger partial charge in [-0.1, -0.05) is 0 Å². The molecule has 0 unspecified atom stereocenters. The van der Waals surface area contributed by atoms with Crippen LogP contribution in [-0.4, -0.2) is 33.2 Å². The number of phenolic OH excluding ortho intramolecular Hbond substituents is 1. The van der Waals surface area contributed by atoms with E-state index in [0.717, 1.165) is 0 Å². The molecule has 2 aliphatic rings. The van der Waals surface area contributed by atoms with Gasteiger partial charge in [0.2, 0.25) is 0 Å². The van der Waals surface area contributed by atoms with Crippen molar-refractivity contribution in [2.45, 2.75) is 26.4 Å². The zero-order valence-electron chi connectivity index (χ0n) is 13.1. The second-order valence-electron chi connectivity index (χ2n) is 5.88. The summed E-state index contributed by atoms with van der Waals surface area (Å²) in [7, 11) is 0. The molecule has 23 heavy (non-hydrogen) atoms. The van der Waals surface area contributed by atoms with Gasteiger partial charge in [-0.15, -0.1) is 0 Å². The molecule has 5 nitrogen and oxygen atoms in total. The SMILES string of the molecule is CCN1C(=O)/C(=C\c2ccc3c(c2O)C=CC(C)(C)O3)OC1=S. The summed E-state index contributed by atoms with van der Waals surface area (Å²) in [6.07, 6.45) is 5.18. The maximum absolute atomic E-state index is 12.2. The van der Waals surface area contributed by atoms with Crippen LogP contribution in [-0.2, 0) is 9.53 Å². The molecule has 1 aromatic rings. The number of rotatable bonds is 2. The molecule has 1 aromatic carbocycles. The molecule has 1 N–H and O–H groups in total. The molecule has 1 amide bonds. The fourth-order valence-electron chi connectivity index (χ4n) is 2.49. The summed E-state index contributed by atoms with van der Waals surface area (Å²) in [4.78, 5) is 13.5. The van der Waals surface area contributed by atoms with E-state index >= 15 is 0 Å². The van der Waals surface area contributed by atoms with Gasteiger partial charge >= 0.3 is 0 Å². The molecule has 0 saturated carbocycles. The molecule has 1 saturated heterocycles. The minimum Gasteiger partial charge on any atom is -0.507 e. The number of likely N-dealkylation sites (N-methyl/N-ethyl adjacent to an activating group) is 1. The Morgan fingerprint density at radius 3 is 2.78 bits per heavy atom. The minimum absolute atomic E-state index is 0.0408. The maximum atomic E-state index is 12.2. The van der Waals surface area contributed by atoms with E-state index in [1.54, 1.807) is 12.1 Å². The van der Waals surface area contributed by atoms with E-state index in [2.05, 4.69) is 0 Å². The van der Waals surface area contributed by atoms with E-state index in [1.807, 2.05) is 32.9 Å². The van der Waals surface area contributed by atoms with Gasteiger partial charge in [0.25, 0.3) is 11.1 Å². The molecule has 120 valence electrons. The number of nitrogens with zero attached hydrogens (tertiary/aromatic N) is 1. The number of hydrogen-bond acceptors (Lipinski definition) is 5. The molecule has 0 bridgehead atoms. The lowest BCUT2D eigenvalue weighted by Gasteiger charge is -2.28. The highest BCUT2D eigenvalue weighted by molar-refractivity contribution is 7.80. The van der Waals surface area contributed by atoms with E-state index in [-0.39, 0.29) is 22.6 Å². The zero-order chi connectivity index (χ0) is 16.8. The van der Waals surface area contributed by atoms with Gasteiger partial charge in [-0.3, -0.25) is 9.69 Å². The Labute approximate surface area is 139 Å². The third-order valence-electron chi connectivity index (χ3n) is 3.71. The average molecular weight is 331 g/mol. The van der Waals surface area contributed by atoms with Crippen molar-refractivity contribution < 1.29 is 19.4 Å². The highest BCUT2D eigenvalue weighted by atomic mass is 32.1. The van der Waals surface area contributed by atoms with Crippen molar-refractivity contribution in [1.29, 1.82) is 0 Å². The molecule has 1 fully saturated rings. The summed E-state index contributed by atoms with van der Waals surface area (Å²) in [5.74, 6) is 0.441. The van der Waals surface area contributed by atoms with Crippen LogP contribution in [0.2, 0.25) is 0 Å². The van der Waals surface area contributed by atoms with Gasteiger partial charge in [0.1, 0.15) is 17.1 Å². The van der Waals surface area contributed by atoms with Gasteiger partial charge < -0.3 is 14.6 Å². The van der Waals surface area contributed by atoms with Crippen molar-refractivity contribution in [3.05, 3.63) is 35.1 Å². The minimum atomic E-state index is -0.419. The lowest BCUT2D eigenvalue weighted by molar-refractivity contribution is -0.122. The second-order valence-corrected chi connectivity index (χ2v) is 6.23. The molecule has 0 aromatic heterocycles. The summed E-state index contributed by atoms with van der Waals surface area (Å²) >= 11 is 5.01. The number of phenols is 1. The number of ether oxygens (including phenoxy) is 2. The molecule has 3 rings (SSSR count). The fourth-order valence-corrected chi connectivity index (χ4v) is 2.79. The van der Waals surface area contributed by atoms with E-state index in [9.17, 15) is 9.90 Å². The van der Waals surface area contributed by atoms with Gasteiger partial charge in [0, 0.05) is 12.1 Å². The quantitative estimate of drug-likeness (QED) is 0.667. The third kappa shape index (κ3) is 2.70. The van der Waals surface area contributed by atoms with Crippen LogP contribution >= 0.6 is 12.2 Å². The molecular formula is C17H17NO4S. The smallest absolute Gasteiger partial charge is 0.297 e. The van der Waals surface area contributed by atoms with Crippen LogP contribution in [0.4, 0.5) is 0 Å². The van der Waals surface area contributed by atoms with Gasteiger partial charge in [-0.25, -0.2) is 0 Å². The van der Waals surface area contributed by atoms with Crippen LogP contribution < -0.4 is 4.74 Å². The number of hydrogen-bond donors (Lipinski definition) is 1. The van der Waals surface area contributed by atoms with Crippen LogP contribution in [0, 0.1) is 0 Å². The Kier molecular flexibility index (Phi) is 3.64. The Morgan fingerprint density at radius 1 is 1.39 bits per heavy atom. The van der Waals surface area contributed by atoms with Gasteiger partial charge in [-0.2, -0.15) is 0 Å². The number of carbonyl (C=O) groups excluding carboxylic acids is 1. The molecule has 0 radical (unpaired) electrons. The van der Waals surface area contributed by atoms with Crippen molar-refractivity contribution in [1.82, 2.24) is 4.90 Å². The molecule has 6 heteroatoms. The van der Waals surface area contributed by atoms with E-state index < -0.39 is 5.60 Å². The number of amides is 1. The predicted octanol–water partition coefficient (Wildman–Crippen LogP) is 3.08. The van der Waals surface area contributed by atoms with Crippen LogP contribution in [0.15, 0.2) is 24.0 Å². The molecule has 0 spiro atoms. The predicted molar refractivity (Wildman–Crippen MR) is 90.9 cm³/mol. The summed E-state index contributed by atoms with van der Waals surface area (Å²) in [5, 5.41) is 10.6. The monoisotopic (exact) mass is 331 g/mol. The Balaban J connectivity index is 1.99. The average Bonchev–Trinajstić information content (AvgIpc) is 2.75. The highest BCUT2D eigenvalue weighted by Crippen LogP contribution is 2.39. The molecule has 2 aliphatic heterocycles. The first-order chi connectivity index (χ1) is 10.8. The standard InChI is InChI=1S/C17H17NO4S/c1-4-18-15(20)13(21-16(18)23)9-10-5-6-12-11(14(10)19)7-8-17(2,3)22-12/h5-9,19H,4H2,1-3H3/b13-9+. The van der Waals surface area contributed by atoms with E-state index in [4.69, 9.17) is 21.7 Å². The van der Waals surface area contributed by atoms with E-state index in [0.29, 0.717) is 23.4 Å². The van der Waals surface area contributed by atoms with Crippen molar-refractivity contribution in [2.75, 3.05) is 6.54 Å². The van der Waals surface area contributed by atoms with E-state index in [1.165, 1.54) is 11.0 Å². The van der Waals surface area contributed by atoms with Gasteiger partial charge in [0.05, 0.1) is 5.56 Å². The Morgan fingerprint density at radius 2 is 2.13 bits per heavy atom. The van der Waals surface area contributed by atoms with Crippen LogP contribution in [0.5, 0.6) is 11.5 Å². The van der Waals surface area contributed by atoms with Gasteiger partial charge in [0.15, 0.2) is 5.76 Å². The van der Waals surface area contributed by atoms with Gasteiger partial charge in [-0.05, 0) is 63.3 Å². The largest absolute Gasteiger partial charge is 0.507 e. The fraction of sp³-hybridized carbons (Fsp3) is 0.294. The first kappa shape index (κ1) is 15.6. The summed E-state index contributed by atoms with van der Waals surface area (Å²) < 4.78 is 11.1. The molecule has 2 heterocycles. The van der Waals surface area contributed by atoms with Crippen molar-refractivity contribution in [2.24, 2.45) is 0 Å². The zero-order valence-corrected chi connectivity index (χ0v) is 13.9. The lowest BCUT2D eigenvalue weighted by atomic mass is 9.99. The lowest BCUT2D eigenvalue weighted by Crippen LogP contribution is -2.27. The number of benzene rings is 1. The van der Waals surface area contributed by atoms with Crippen molar-refractivity contribution >= 4 is 35.5 Å². The molecular weight excluding hydrogens is 314 g/mol. The number of carbonyl (C=O) groups is 1. The number of fused-ring (bicyclic) bond motifs is 1. The Bertz CT molecular complexity index is 764.